The van der Waals surface area contributed by atoms with E-state index in [2.05, 4.69) is 24.0 Å². The van der Waals surface area contributed by atoms with E-state index in [1.807, 2.05) is 18.2 Å². The average Bonchev–Trinajstić information content (AvgIpc) is 3.21. The highest BCUT2D eigenvalue weighted by atomic mass is 16.6. The lowest BCUT2D eigenvalue weighted by Gasteiger charge is -2.45. The minimum atomic E-state index is -0.774. The van der Waals surface area contributed by atoms with E-state index in [4.69, 9.17) is 14.5 Å². The van der Waals surface area contributed by atoms with Crippen molar-refractivity contribution in [3.05, 3.63) is 93.7 Å². The lowest BCUT2D eigenvalue weighted by atomic mass is 9.76. The number of benzene rings is 2. The van der Waals surface area contributed by atoms with E-state index in [1.54, 1.807) is 41.8 Å². The van der Waals surface area contributed by atoms with E-state index in [9.17, 15) is 14.4 Å². The fourth-order valence-corrected chi connectivity index (χ4v) is 5.86. The molecule has 1 saturated carbocycles. The summed E-state index contributed by atoms with van der Waals surface area (Å²) < 4.78 is 12.5. The van der Waals surface area contributed by atoms with Crippen LogP contribution in [0.15, 0.2) is 65.5 Å². The van der Waals surface area contributed by atoms with Gasteiger partial charge in [-0.2, -0.15) is 0 Å². The Balaban J connectivity index is 1.65. The molecule has 1 aliphatic carbocycles. The molecular formula is C30H33N3O5. The number of ether oxygens (including phenoxy) is 2. The van der Waals surface area contributed by atoms with Crippen LogP contribution in [0.25, 0.3) is 0 Å². The number of hydrogen-bond donors (Lipinski definition) is 0. The highest BCUT2D eigenvalue weighted by Crippen LogP contribution is 2.47. The van der Waals surface area contributed by atoms with E-state index in [0.29, 0.717) is 24.8 Å². The normalized spacial score (nSPS) is 20.0. The van der Waals surface area contributed by atoms with E-state index in [0.717, 1.165) is 32.2 Å². The van der Waals surface area contributed by atoms with Gasteiger partial charge in [0.1, 0.15) is 5.82 Å². The molecule has 8 nitrogen and oxygen atoms in total. The van der Waals surface area contributed by atoms with E-state index in [1.165, 1.54) is 5.56 Å². The summed E-state index contributed by atoms with van der Waals surface area (Å²) in [6.07, 6.45) is 3.55. The molecule has 198 valence electrons. The molecule has 1 fully saturated rings. The number of nitrogens with zero attached hydrogens (tertiary/aromatic N) is 3. The first-order valence-electron chi connectivity index (χ1n) is 13.4. The van der Waals surface area contributed by atoms with Crippen LogP contribution in [0, 0.1) is 5.92 Å². The molecule has 1 aromatic heterocycles. The third kappa shape index (κ3) is 4.76. The molecule has 0 N–H and O–H groups in total. The monoisotopic (exact) mass is 515 g/mol. The molecule has 3 aromatic rings. The second-order valence-electron chi connectivity index (χ2n) is 9.98. The summed E-state index contributed by atoms with van der Waals surface area (Å²) >= 11 is 0. The van der Waals surface area contributed by atoms with Crippen LogP contribution >= 0.6 is 0 Å². The number of carbonyl (C=O) groups excluding carboxylic acids is 2. The molecule has 3 aliphatic rings. The largest absolute Gasteiger partial charge is 0.461 e. The van der Waals surface area contributed by atoms with Crippen molar-refractivity contribution in [3.8, 4) is 5.75 Å². The molecule has 6 rings (SSSR count). The third-order valence-electron chi connectivity index (χ3n) is 7.79. The molecule has 0 amide bonds. The summed E-state index contributed by atoms with van der Waals surface area (Å²) in [5, 5.41) is 0. The maximum absolute atomic E-state index is 14.0. The Labute approximate surface area is 222 Å². The van der Waals surface area contributed by atoms with Gasteiger partial charge in [0.25, 0.3) is 5.56 Å². The predicted molar refractivity (Wildman–Crippen MR) is 142 cm³/mol. The summed E-state index contributed by atoms with van der Waals surface area (Å²) in [6, 6.07) is 18.6. The van der Waals surface area contributed by atoms with Crippen LogP contribution < -0.4 is 10.3 Å². The summed E-state index contributed by atoms with van der Waals surface area (Å²) in [6.45, 7) is 5.81. The zero-order valence-corrected chi connectivity index (χ0v) is 21.9. The van der Waals surface area contributed by atoms with E-state index >= 15 is 0 Å². The van der Waals surface area contributed by atoms with Gasteiger partial charge < -0.3 is 9.47 Å². The van der Waals surface area contributed by atoms with Crippen molar-refractivity contribution in [1.82, 2.24) is 14.5 Å². The van der Waals surface area contributed by atoms with Gasteiger partial charge >= 0.3 is 11.9 Å². The van der Waals surface area contributed by atoms with Gasteiger partial charge in [0, 0.05) is 13.1 Å². The first-order valence-corrected chi connectivity index (χ1v) is 13.4. The van der Waals surface area contributed by atoms with Gasteiger partial charge in [0.15, 0.2) is 5.69 Å². The number of carbonyl (C=O) groups is 2. The van der Waals surface area contributed by atoms with Gasteiger partial charge in [0.2, 0.25) is 5.75 Å². The Kier molecular flexibility index (Phi) is 7.42. The molecular weight excluding hydrogens is 482 g/mol. The van der Waals surface area contributed by atoms with E-state index in [-0.39, 0.29) is 23.6 Å². The smallest absolute Gasteiger partial charge is 0.361 e. The molecule has 2 aromatic carbocycles. The van der Waals surface area contributed by atoms with Crippen LogP contribution in [0.4, 0.5) is 0 Å². The summed E-state index contributed by atoms with van der Waals surface area (Å²) in [5.74, 6) is -0.998. The Bertz CT molecular complexity index is 1360. The second kappa shape index (κ2) is 10.9. The van der Waals surface area contributed by atoms with Gasteiger partial charge in [-0.3, -0.25) is 14.3 Å². The van der Waals surface area contributed by atoms with Crippen molar-refractivity contribution >= 4 is 11.9 Å². The van der Waals surface area contributed by atoms with Crippen molar-refractivity contribution in [2.45, 2.75) is 58.2 Å². The average molecular weight is 516 g/mol. The fraction of sp³-hybridized carbons (Fsp3) is 0.400. The first kappa shape index (κ1) is 25.9. The molecule has 0 saturated heterocycles. The maximum Gasteiger partial charge on any atom is 0.361 e. The summed E-state index contributed by atoms with van der Waals surface area (Å²) in [7, 11) is 0. The molecule has 0 atom stereocenters. The van der Waals surface area contributed by atoms with Gasteiger partial charge in [-0.15, -0.1) is 0 Å². The Morgan fingerprint density at radius 1 is 1.00 bits per heavy atom. The van der Waals surface area contributed by atoms with Crippen LogP contribution in [0.3, 0.4) is 0 Å². The van der Waals surface area contributed by atoms with Crippen molar-refractivity contribution in [3.63, 3.8) is 0 Å². The van der Waals surface area contributed by atoms with Gasteiger partial charge in [-0.25, -0.2) is 14.6 Å². The molecule has 0 radical (unpaired) electrons. The molecule has 2 bridgehead atoms. The molecule has 2 aliphatic heterocycles. The van der Waals surface area contributed by atoms with Crippen LogP contribution in [-0.2, 0) is 23.4 Å². The number of esters is 2. The number of aromatic nitrogens is 2. The quantitative estimate of drug-likeness (QED) is 0.406. The Morgan fingerprint density at radius 3 is 2.29 bits per heavy atom. The maximum atomic E-state index is 14.0. The third-order valence-corrected chi connectivity index (χ3v) is 7.79. The zero-order valence-electron chi connectivity index (χ0n) is 21.9. The lowest BCUT2D eigenvalue weighted by Crippen LogP contribution is -2.49. The van der Waals surface area contributed by atoms with Gasteiger partial charge in [-0.05, 0) is 62.8 Å². The van der Waals surface area contributed by atoms with Crippen molar-refractivity contribution in [2.24, 2.45) is 5.92 Å². The molecule has 8 heteroatoms. The van der Waals surface area contributed by atoms with Gasteiger partial charge in [-0.1, -0.05) is 55.5 Å². The SMILES string of the molecule is CCOC(=O)c1nc2n(c(=O)c1OC(=O)c1ccccc1)CC1CCC2(N(CC)Cc2ccccc2)CC1. The number of rotatable bonds is 8. The van der Waals surface area contributed by atoms with Crippen molar-refractivity contribution in [1.29, 1.82) is 0 Å². The molecule has 0 spiro atoms. The summed E-state index contributed by atoms with van der Waals surface area (Å²) in [5.41, 5.74) is 0.158. The van der Waals surface area contributed by atoms with E-state index < -0.39 is 23.0 Å². The zero-order chi connectivity index (χ0) is 26.7. The standard InChI is InChI=1S/C30H33N3O5/c1-3-32(19-21-11-7-5-8-12-21)30-17-15-22(16-18-30)20-33-26(34)25(24(31-29(30)33)28(36)37-4-2)38-27(35)23-13-9-6-10-14-23/h5-14,22H,3-4,15-20H2,1-2H3. The second-order valence-corrected chi connectivity index (χ2v) is 9.98. The molecule has 3 heterocycles. The van der Waals surface area contributed by atoms with Crippen LogP contribution in [0.1, 0.15) is 71.8 Å². The number of fused-ring (bicyclic) bond motifs is 2. The first-order chi connectivity index (χ1) is 18.5. The minimum Gasteiger partial charge on any atom is -0.461 e. The van der Waals surface area contributed by atoms with Crippen LogP contribution in [0.5, 0.6) is 5.75 Å². The predicted octanol–water partition coefficient (Wildman–Crippen LogP) is 4.56. The fourth-order valence-electron chi connectivity index (χ4n) is 5.86. The lowest BCUT2D eigenvalue weighted by molar-refractivity contribution is 0.0306. The molecule has 0 unspecified atom stereocenters. The van der Waals surface area contributed by atoms with Gasteiger partial charge in [0.05, 0.1) is 17.7 Å². The van der Waals surface area contributed by atoms with Crippen LogP contribution in [0.2, 0.25) is 0 Å². The minimum absolute atomic E-state index is 0.104. The highest BCUT2D eigenvalue weighted by Gasteiger charge is 2.48. The Morgan fingerprint density at radius 2 is 1.66 bits per heavy atom. The van der Waals surface area contributed by atoms with Crippen LogP contribution in [-0.4, -0.2) is 39.5 Å². The van der Waals surface area contributed by atoms with Crippen molar-refractivity contribution < 1.29 is 19.1 Å². The Hall–Kier alpha value is -3.78. The molecule has 38 heavy (non-hydrogen) atoms. The highest BCUT2D eigenvalue weighted by molar-refractivity contribution is 5.94. The summed E-state index contributed by atoms with van der Waals surface area (Å²) in [4.78, 5) is 47.3. The topological polar surface area (TPSA) is 90.7 Å². The van der Waals surface area contributed by atoms with Crippen molar-refractivity contribution in [2.75, 3.05) is 13.2 Å². The number of hydrogen-bond acceptors (Lipinski definition) is 7.